The van der Waals surface area contributed by atoms with E-state index in [1.165, 1.54) is 84.1 Å². The molecule has 0 fully saturated rings. The van der Waals surface area contributed by atoms with Gasteiger partial charge in [0.1, 0.15) is 0 Å². The minimum Gasteiger partial charge on any atom is -0.338 e. The van der Waals surface area contributed by atoms with Gasteiger partial charge in [0.15, 0.2) is 0 Å². The van der Waals surface area contributed by atoms with Crippen LogP contribution in [0, 0.1) is 0 Å². The number of anilines is 4. The zero-order valence-electron chi connectivity index (χ0n) is 34.5. The van der Waals surface area contributed by atoms with Crippen molar-refractivity contribution in [1.82, 2.24) is 0 Å². The van der Waals surface area contributed by atoms with Crippen molar-refractivity contribution in [3.05, 3.63) is 179 Å². The molecule has 0 aliphatic heterocycles. The van der Waals surface area contributed by atoms with Gasteiger partial charge in [-0.3, -0.25) is 0 Å². The second kappa shape index (κ2) is 13.7. The normalized spacial score (nSPS) is 18.1. The fourth-order valence-corrected chi connectivity index (χ4v) is 10.4. The molecule has 0 aromatic heterocycles. The van der Waals surface area contributed by atoms with Crippen molar-refractivity contribution in [3.63, 3.8) is 0 Å². The lowest BCUT2D eigenvalue weighted by atomic mass is 9.71. The molecular formula is C54H56N2. The van der Waals surface area contributed by atoms with E-state index in [0.29, 0.717) is 17.9 Å². The molecule has 1 unspecified atom stereocenters. The number of fused-ring (bicyclic) bond motifs is 7. The molecule has 0 bridgehead atoms. The SMILES string of the molecule is CC(C)c1cc(N(c2ccccc2)c2ccccc2)cc2c1-c1cc(C(C)C)c3c(c1C2(C)C)C(C)(C)c1cc(N(C2=CC=CCC2)C2C=CC=CC2)ccc1-3. The molecule has 2 nitrogen and oxygen atoms in total. The molecule has 0 spiro atoms. The third-order valence-corrected chi connectivity index (χ3v) is 13.1. The highest BCUT2D eigenvalue weighted by Crippen LogP contribution is 2.62. The maximum absolute atomic E-state index is 2.62. The maximum Gasteiger partial charge on any atom is 0.0556 e. The number of rotatable bonds is 8. The summed E-state index contributed by atoms with van der Waals surface area (Å²) < 4.78 is 0. The Morgan fingerprint density at radius 1 is 0.571 bits per heavy atom. The number of benzene rings is 5. The van der Waals surface area contributed by atoms with Gasteiger partial charge in [0.25, 0.3) is 0 Å². The van der Waals surface area contributed by atoms with Gasteiger partial charge >= 0.3 is 0 Å². The lowest BCUT2D eigenvalue weighted by molar-refractivity contribution is 0.599. The molecule has 0 saturated heterocycles. The first-order valence-electron chi connectivity index (χ1n) is 20.9. The Morgan fingerprint density at radius 2 is 1.21 bits per heavy atom. The number of nitrogens with zero attached hydrogens (tertiary/aromatic N) is 2. The van der Waals surface area contributed by atoms with Crippen molar-refractivity contribution in [1.29, 1.82) is 0 Å². The predicted molar refractivity (Wildman–Crippen MR) is 240 cm³/mol. The first-order chi connectivity index (χ1) is 27.0. The van der Waals surface area contributed by atoms with Crippen LogP contribution in [0.25, 0.3) is 22.3 Å². The molecule has 0 N–H and O–H groups in total. The smallest absolute Gasteiger partial charge is 0.0556 e. The number of hydrogen-bond acceptors (Lipinski definition) is 2. The number of hydrogen-bond donors (Lipinski definition) is 0. The van der Waals surface area contributed by atoms with E-state index in [0.717, 1.165) is 19.3 Å². The first kappa shape index (κ1) is 36.3. The van der Waals surface area contributed by atoms with E-state index in [-0.39, 0.29) is 10.8 Å². The van der Waals surface area contributed by atoms with Crippen molar-refractivity contribution in [2.45, 2.75) is 103 Å². The summed E-state index contributed by atoms with van der Waals surface area (Å²) in [4.78, 5) is 5.06. The van der Waals surface area contributed by atoms with Crippen LogP contribution in [0.15, 0.2) is 145 Å². The lowest BCUT2D eigenvalue weighted by Crippen LogP contribution is -2.34. The van der Waals surface area contributed by atoms with Crippen LogP contribution in [0.2, 0.25) is 0 Å². The molecule has 282 valence electrons. The summed E-state index contributed by atoms with van der Waals surface area (Å²) in [5, 5.41) is 0. The van der Waals surface area contributed by atoms with Crippen LogP contribution < -0.4 is 9.80 Å². The van der Waals surface area contributed by atoms with Crippen LogP contribution in [0.4, 0.5) is 22.7 Å². The summed E-state index contributed by atoms with van der Waals surface area (Å²) in [7, 11) is 0. The van der Waals surface area contributed by atoms with Crippen LogP contribution in [0.1, 0.15) is 120 Å². The zero-order chi connectivity index (χ0) is 38.9. The summed E-state index contributed by atoms with van der Waals surface area (Å²) in [6, 6.07) is 37.1. The average Bonchev–Trinajstić information content (AvgIpc) is 3.58. The van der Waals surface area contributed by atoms with Gasteiger partial charge < -0.3 is 9.80 Å². The molecule has 5 aromatic carbocycles. The van der Waals surface area contributed by atoms with Crippen LogP contribution >= 0.6 is 0 Å². The highest BCUT2D eigenvalue weighted by Gasteiger charge is 2.48. The van der Waals surface area contributed by atoms with E-state index < -0.39 is 0 Å². The van der Waals surface area contributed by atoms with Crippen molar-refractivity contribution >= 4 is 22.7 Å². The van der Waals surface area contributed by atoms with Gasteiger partial charge in [-0.05, 0) is 147 Å². The predicted octanol–water partition coefficient (Wildman–Crippen LogP) is 14.9. The number of allylic oxidation sites excluding steroid dienone is 6. The summed E-state index contributed by atoms with van der Waals surface area (Å²) in [5.41, 5.74) is 20.4. The van der Waals surface area contributed by atoms with Gasteiger partial charge in [-0.1, -0.05) is 134 Å². The lowest BCUT2D eigenvalue weighted by Gasteiger charge is -2.36. The van der Waals surface area contributed by atoms with E-state index in [9.17, 15) is 0 Å². The van der Waals surface area contributed by atoms with E-state index in [1.807, 2.05) is 0 Å². The van der Waals surface area contributed by atoms with Crippen molar-refractivity contribution in [3.8, 4) is 22.3 Å². The Balaban J connectivity index is 1.25. The molecule has 0 saturated carbocycles. The Hall–Kier alpha value is -5.34. The number of para-hydroxylation sites is 2. The van der Waals surface area contributed by atoms with E-state index >= 15 is 0 Å². The Morgan fingerprint density at radius 3 is 1.82 bits per heavy atom. The highest BCUT2D eigenvalue weighted by atomic mass is 15.2. The highest BCUT2D eigenvalue weighted by molar-refractivity contribution is 5.96. The van der Waals surface area contributed by atoms with Gasteiger partial charge in [-0.25, -0.2) is 0 Å². The summed E-state index contributed by atoms with van der Waals surface area (Å²) in [5.74, 6) is 0.729. The molecule has 4 aliphatic carbocycles. The zero-order valence-corrected chi connectivity index (χ0v) is 34.5. The summed E-state index contributed by atoms with van der Waals surface area (Å²) in [6.45, 7) is 19.5. The molecular weight excluding hydrogens is 677 g/mol. The molecule has 4 aliphatic rings. The molecule has 0 radical (unpaired) electrons. The quantitative estimate of drug-likeness (QED) is 0.157. The van der Waals surface area contributed by atoms with Gasteiger partial charge in [-0.2, -0.15) is 0 Å². The van der Waals surface area contributed by atoms with E-state index in [1.54, 1.807) is 0 Å². The largest absolute Gasteiger partial charge is 0.338 e. The second-order valence-electron chi connectivity index (χ2n) is 18.0. The van der Waals surface area contributed by atoms with E-state index in [4.69, 9.17) is 0 Å². The second-order valence-corrected chi connectivity index (χ2v) is 18.0. The van der Waals surface area contributed by atoms with Gasteiger partial charge in [0, 0.05) is 39.3 Å². The molecule has 1 atom stereocenters. The van der Waals surface area contributed by atoms with Crippen molar-refractivity contribution in [2.24, 2.45) is 0 Å². The van der Waals surface area contributed by atoms with Crippen LogP contribution in [-0.2, 0) is 10.8 Å². The molecule has 0 heterocycles. The van der Waals surface area contributed by atoms with E-state index in [2.05, 4.69) is 205 Å². The van der Waals surface area contributed by atoms with Crippen LogP contribution in [0.3, 0.4) is 0 Å². The average molecular weight is 733 g/mol. The third kappa shape index (κ3) is 5.67. The molecule has 0 amide bonds. The Kier molecular flexibility index (Phi) is 8.88. The van der Waals surface area contributed by atoms with Crippen LogP contribution in [0.5, 0.6) is 0 Å². The van der Waals surface area contributed by atoms with Gasteiger partial charge in [0.05, 0.1) is 6.04 Å². The van der Waals surface area contributed by atoms with Gasteiger partial charge in [-0.15, -0.1) is 0 Å². The van der Waals surface area contributed by atoms with Crippen LogP contribution in [-0.4, -0.2) is 6.04 Å². The molecule has 56 heavy (non-hydrogen) atoms. The monoisotopic (exact) mass is 732 g/mol. The fourth-order valence-electron chi connectivity index (χ4n) is 10.4. The Bertz CT molecular complexity index is 2410. The third-order valence-electron chi connectivity index (χ3n) is 13.1. The summed E-state index contributed by atoms with van der Waals surface area (Å²) in [6.07, 6.45) is 19.2. The summed E-state index contributed by atoms with van der Waals surface area (Å²) >= 11 is 0. The van der Waals surface area contributed by atoms with Crippen molar-refractivity contribution < 1.29 is 0 Å². The fraction of sp³-hybridized carbons (Fsp3) is 0.296. The minimum atomic E-state index is -0.213. The Labute approximate surface area is 335 Å². The standard InChI is InChI=1S/C54H56N2/c1-35(2)44-31-42(56(39-25-17-11-18-26-39)40-27-19-12-20-28-40)33-48-49(44)46-34-45(36(3)4)50-43-30-29-41(32-47(43)53(5,6)52(50)51(46)54(48,7)8)55(37-21-13-9-14-22-37)38-23-15-10-16-24-38/h9-15,17-21,23,25-37H,16,22,24H2,1-8H3. The maximum atomic E-state index is 2.62. The first-order valence-corrected chi connectivity index (χ1v) is 20.9. The topological polar surface area (TPSA) is 6.48 Å². The van der Waals surface area contributed by atoms with Gasteiger partial charge in [0.2, 0.25) is 0 Å². The molecule has 5 aromatic rings. The van der Waals surface area contributed by atoms with Crippen molar-refractivity contribution in [2.75, 3.05) is 9.80 Å². The molecule has 9 rings (SSSR count). The minimum absolute atomic E-state index is 0.190. The molecule has 2 heteroatoms.